The predicted octanol–water partition coefficient (Wildman–Crippen LogP) is 2.14. The van der Waals surface area contributed by atoms with Gasteiger partial charge in [-0.2, -0.15) is 0 Å². The minimum absolute atomic E-state index is 0.112. The second kappa shape index (κ2) is 6.89. The molecule has 0 aliphatic rings. The smallest absolute Gasteiger partial charge is 0.223 e. The molecule has 1 N–H and O–H groups in total. The predicted molar refractivity (Wildman–Crippen MR) is 66.7 cm³/mol. The largest absolute Gasteiger partial charge is 0.481 e. The maximum atomic E-state index is 11.7. The number of pyridine rings is 1. The van der Waals surface area contributed by atoms with Crippen molar-refractivity contribution in [1.82, 2.24) is 10.3 Å². The molecule has 0 aliphatic heterocycles. The molecule has 1 heterocycles. The molecule has 0 saturated heterocycles. The van der Waals surface area contributed by atoms with Gasteiger partial charge in [0.25, 0.3) is 0 Å². The van der Waals surface area contributed by atoms with Crippen molar-refractivity contribution in [2.75, 3.05) is 7.11 Å². The number of carbonyl (C=O) groups excluding carboxylic acids is 1. The van der Waals surface area contributed by atoms with Gasteiger partial charge in [-0.25, -0.2) is 4.98 Å². The molecule has 0 bridgehead atoms. The van der Waals surface area contributed by atoms with Crippen LogP contribution in [-0.4, -0.2) is 18.0 Å². The number of amides is 1. The Hall–Kier alpha value is -1.58. The normalized spacial score (nSPS) is 10.4. The van der Waals surface area contributed by atoms with Crippen LogP contribution < -0.4 is 10.1 Å². The second-order valence-electron chi connectivity index (χ2n) is 3.94. The summed E-state index contributed by atoms with van der Waals surface area (Å²) in [5, 5.41) is 2.92. The van der Waals surface area contributed by atoms with E-state index in [0.29, 0.717) is 12.4 Å². The number of nitrogens with one attached hydrogen (secondary N) is 1. The molecule has 0 fully saturated rings. The van der Waals surface area contributed by atoms with Crippen LogP contribution in [0.15, 0.2) is 18.3 Å². The third-order valence-corrected chi connectivity index (χ3v) is 2.83. The molecule has 1 amide bonds. The topological polar surface area (TPSA) is 51.2 Å². The lowest BCUT2D eigenvalue weighted by atomic mass is 10.0. The van der Waals surface area contributed by atoms with E-state index >= 15 is 0 Å². The highest BCUT2D eigenvalue weighted by molar-refractivity contribution is 5.78. The van der Waals surface area contributed by atoms with E-state index in [0.717, 1.165) is 18.4 Å². The summed E-state index contributed by atoms with van der Waals surface area (Å²) >= 11 is 0. The summed E-state index contributed by atoms with van der Waals surface area (Å²) in [5.41, 5.74) is 0.977. The molecule has 4 heteroatoms. The van der Waals surface area contributed by atoms with Crippen LogP contribution in [0.1, 0.15) is 32.3 Å². The molecule has 4 nitrogen and oxygen atoms in total. The van der Waals surface area contributed by atoms with Gasteiger partial charge in [-0.3, -0.25) is 4.79 Å². The number of ether oxygens (including phenoxy) is 1. The standard InChI is InChI=1S/C13H20N2O2/c1-4-11(5-2)13(16)15-9-10-6-7-12(17-3)14-8-10/h6-8,11H,4-5,9H2,1-3H3,(H,15,16). The first kappa shape index (κ1) is 13.5. The van der Waals surface area contributed by atoms with Crippen molar-refractivity contribution in [1.29, 1.82) is 0 Å². The number of aromatic nitrogens is 1. The summed E-state index contributed by atoms with van der Waals surface area (Å²) in [4.78, 5) is 15.8. The fourth-order valence-electron chi connectivity index (χ4n) is 1.63. The van der Waals surface area contributed by atoms with E-state index in [1.54, 1.807) is 19.4 Å². The maximum Gasteiger partial charge on any atom is 0.223 e. The Balaban J connectivity index is 2.46. The molecule has 1 aromatic heterocycles. The average Bonchev–Trinajstić information content (AvgIpc) is 2.38. The minimum Gasteiger partial charge on any atom is -0.481 e. The molecule has 94 valence electrons. The molecule has 0 saturated carbocycles. The number of hydrogen-bond donors (Lipinski definition) is 1. The zero-order valence-electron chi connectivity index (χ0n) is 10.7. The summed E-state index contributed by atoms with van der Waals surface area (Å²) in [6.45, 7) is 4.58. The van der Waals surface area contributed by atoms with E-state index in [2.05, 4.69) is 10.3 Å². The van der Waals surface area contributed by atoms with Gasteiger partial charge in [0.15, 0.2) is 0 Å². The lowest BCUT2D eigenvalue weighted by Gasteiger charge is -2.12. The Labute approximate surface area is 102 Å². The molecule has 1 aromatic rings. The van der Waals surface area contributed by atoms with E-state index in [1.807, 2.05) is 19.9 Å². The summed E-state index contributed by atoms with van der Waals surface area (Å²) in [6, 6.07) is 3.69. The molecule has 0 aliphatic carbocycles. The summed E-state index contributed by atoms with van der Waals surface area (Å²) in [7, 11) is 1.58. The fourth-order valence-corrected chi connectivity index (χ4v) is 1.63. The number of hydrogen-bond acceptors (Lipinski definition) is 3. The summed E-state index contributed by atoms with van der Waals surface area (Å²) < 4.78 is 4.97. The number of carbonyl (C=O) groups is 1. The third kappa shape index (κ3) is 4.06. The van der Waals surface area contributed by atoms with Gasteiger partial charge < -0.3 is 10.1 Å². The van der Waals surface area contributed by atoms with Crippen molar-refractivity contribution in [3.63, 3.8) is 0 Å². The van der Waals surface area contributed by atoms with Crippen LogP contribution in [-0.2, 0) is 11.3 Å². The van der Waals surface area contributed by atoms with Crippen LogP contribution in [0.5, 0.6) is 5.88 Å². The lowest BCUT2D eigenvalue weighted by Crippen LogP contribution is -2.29. The lowest BCUT2D eigenvalue weighted by molar-refractivity contribution is -0.125. The number of rotatable bonds is 6. The molecule has 0 spiro atoms. The van der Waals surface area contributed by atoms with Gasteiger partial charge in [0.2, 0.25) is 11.8 Å². The van der Waals surface area contributed by atoms with Crippen LogP contribution in [0, 0.1) is 5.92 Å². The highest BCUT2D eigenvalue weighted by atomic mass is 16.5. The van der Waals surface area contributed by atoms with Crippen molar-refractivity contribution in [2.45, 2.75) is 33.2 Å². The Morgan fingerprint density at radius 2 is 2.12 bits per heavy atom. The van der Waals surface area contributed by atoms with Crippen LogP contribution in [0.4, 0.5) is 0 Å². The average molecular weight is 236 g/mol. The quantitative estimate of drug-likeness (QED) is 0.823. The van der Waals surface area contributed by atoms with Gasteiger partial charge in [0, 0.05) is 24.7 Å². The second-order valence-corrected chi connectivity index (χ2v) is 3.94. The molecular weight excluding hydrogens is 216 g/mol. The Bertz CT molecular complexity index is 345. The SMILES string of the molecule is CCC(CC)C(=O)NCc1ccc(OC)nc1. The van der Waals surface area contributed by atoms with Crippen molar-refractivity contribution < 1.29 is 9.53 Å². The van der Waals surface area contributed by atoms with Gasteiger partial charge in [-0.15, -0.1) is 0 Å². The van der Waals surface area contributed by atoms with Crippen LogP contribution in [0.25, 0.3) is 0 Å². The van der Waals surface area contributed by atoms with Crippen LogP contribution in [0.3, 0.4) is 0 Å². The van der Waals surface area contributed by atoms with Crippen molar-refractivity contribution in [3.05, 3.63) is 23.9 Å². The summed E-state index contributed by atoms with van der Waals surface area (Å²) in [5.74, 6) is 0.812. The van der Waals surface area contributed by atoms with Crippen molar-refractivity contribution in [3.8, 4) is 5.88 Å². The minimum atomic E-state index is 0.112. The van der Waals surface area contributed by atoms with E-state index in [-0.39, 0.29) is 11.8 Å². The maximum absolute atomic E-state index is 11.7. The van der Waals surface area contributed by atoms with Crippen molar-refractivity contribution in [2.24, 2.45) is 5.92 Å². The van der Waals surface area contributed by atoms with Gasteiger partial charge in [-0.05, 0) is 18.4 Å². The molecule has 0 radical (unpaired) electrons. The molecule has 1 rings (SSSR count). The van der Waals surface area contributed by atoms with Crippen LogP contribution >= 0.6 is 0 Å². The summed E-state index contributed by atoms with van der Waals surface area (Å²) in [6.07, 6.45) is 3.47. The van der Waals surface area contributed by atoms with Crippen LogP contribution in [0.2, 0.25) is 0 Å². The first-order valence-electron chi connectivity index (χ1n) is 5.97. The fraction of sp³-hybridized carbons (Fsp3) is 0.538. The van der Waals surface area contributed by atoms with Gasteiger partial charge in [-0.1, -0.05) is 19.9 Å². The first-order valence-corrected chi connectivity index (χ1v) is 5.97. The number of methoxy groups -OCH3 is 1. The first-order chi connectivity index (χ1) is 8.21. The molecular formula is C13H20N2O2. The van der Waals surface area contributed by atoms with Gasteiger partial charge in [0.1, 0.15) is 0 Å². The Kier molecular flexibility index (Phi) is 5.46. The Morgan fingerprint density at radius 1 is 1.41 bits per heavy atom. The van der Waals surface area contributed by atoms with E-state index in [9.17, 15) is 4.79 Å². The van der Waals surface area contributed by atoms with Gasteiger partial charge >= 0.3 is 0 Å². The molecule has 17 heavy (non-hydrogen) atoms. The van der Waals surface area contributed by atoms with Gasteiger partial charge in [0.05, 0.1) is 7.11 Å². The van der Waals surface area contributed by atoms with E-state index < -0.39 is 0 Å². The highest BCUT2D eigenvalue weighted by Crippen LogP contribution is 2.09. The third-order valence-electron chi connectivity index (χ3n) is 2.83. The number of nitrogens with zero attached hydrogens (tertiary/aromatic N) is 1. The van der Waals surface area contributed by atoms with E-state index in [4.69, 9.17) is 4.74 Å². The molecule has 0 unspecified atom stereocenters. The zero-order chi connectivity index (χ0) is 12.7. The molecule has 0 atom stereocenters. The zero-order valence-corrected chi connectivity index (χ0v) is 10.7. The van der Waals surface area contributed by atoms with E-state index in [1.165, 1.54) is 0 Å². The van der Waals surface area contributed by atoms with Crippen molar-refractivity contribution >= 4 is 5.91 Å². The molecule has 0 aromatic carbocycles. The highest BCUT2D eigenvalue weighted by Gasteiger charge is 2.13. The Morgan fingerprint density at radius 3 is 2.59 bits per heavy atom. The monoisotopic (exact) mass is 236 g/mol.